The van der Waals surface area contributed by atoms with Crippen molar-refractivity contribution in [3.63, 3.8) is 0 Å². The third-order valence-corrected chi connectivity index (χ3v) is 3.38. The van der Waals surface area contributed by atoms with Gasteiger partial charge in [0, 0.05) is 42.5 Å². The molecule has 0 saturated carbocycles. The Hall–Kier alpha value is -2.80. The van der Waals surface area contributed by atoms with Gasteiger partial charge in [-0.05, 0) is 30.3 Å². The van der Waals surface area contributed by atoms with Gasteiger partial charge in [-0.1, -0.05) is 6.07 Å². The zero-order valence-corrected chi connectivity index (χ0v) is 10.9. The fourth-order valence-electron chi connectivity index (χ4n) is 2.33. The minimum atomic E-state index is 0.00993. The van der Waals surface area contributed by atoms with Gasteiger partial charge in [0.1, 0.15) is 0 Å². The lowest BCUT2D eigenvalue weighted by atomic mass is 10.2. The summed E-state index contributed by atoms with van der Waals surface area (Å²) in [6, 6.07) is 14.9. The Bertz CT molecular complexity index is 852. The number of hydrogen-bond donors (Lipinski definition) is 0. The largest absolute Gasteiger partial charge is 0.346 e. The molecule has 0 radical (unpaired) electrons. The van der Waals surface area contributed by atoms with E-state index in [1.165, 1.54) is 0 Å². The Kier molecular flexibility index (Phi) is 3.10. The summed E-state index contributed by atoms with van der Waals surface area (Å²) in [5.74, 6) is 0. The maximum Gasteiger partial charge on any atom is 0.250 e. The van der Waals surface area contributed by atoms with Crippen LogP contribution >= 0.6 is 0 Å². The van der Waals surface area contributed by atoms with Crippen molar-refractivity contribution in [2.75, 3.05) is 0 Å². The van der Waals surface area contributed by atoms with Crippen LogP contribution in [0.5, 0.6) is 0 Å². The molecule has 0 spiro atoms. The van der Waals surface area contributed by atoms with Gasteiger partial charge in [-0.2, -0.15) is 5.26 Å². The highest BCUT2D eigenvalue weighted by Crippen LogP contribution is 2.17. The first-order valence-corrected chi connectivity index (χ1v) is 6.42. The Morgan fingerprint density at radius 2 is 1.85 bits per heavy atom. The normalized spacial score (nSPS) is 10.6. The molecule has 0 unspecified atom stereocenters. The van der Waals surface area contributed by atoms with Crippen LogP contribution in [-0.2, 0) is 13.1 Å². The number of fused-ring (bicyclic) bond motifs is 1. The Morgan fingerprint density at radius 1 is 1.00 bits per heavy atom. The van der Waals surface area contributed by atoms with Crippen LogP contribution in [0.4, 0.5) is 0 Å². The van der Waals surface area contributed by atoms with E-state index in [4.69, 9.17) is 5.26 Å². The van der Waals surface area contributed by atoms with Gasteiger partial charge < -0.3 is 9.13 Å². The van der Waals surface area contributed by atoms with Crippen molar-refractivity contribution in [1.29, 1.82) is 5.26 Å². The summed E-state index contributed by atoms with van der Waals surface area (Å²) in [6.45, 7) is 1.35. The van der Waals surface area contributed by atoms with Crippen molar-refractivity contribution in [2.24, 2.45) is 0 Å². The maximum absolute atomic E-state index is 11.6. The van der Waals surface area contributed by atoms with Crippen LogP contribution in [-0.4, -0.2) is 9.13 Å². The lowest BCUT2D eigenvalue weighted by Gasteiger charge is -2.07. The van der Waals surface area contributed by atoms with Crippen molar-refractivity contribution < 1.29 is 0 Å². The van der Waals surface area contributed by atoms with E-state index in [1.807, 2.05) is 36.5 Å². The molecule has 0 atom stereocenters. The minimum Gasteiger partial charge on any atom is -0.346 e. The number of aryl methyl sites for hydroxylation is 2. The second-order valence-corrected chi connectivity index (χ2v) is 4.63. The number of nitriles is 1. The predicted molar refractivity (Wildman–Crippen MR) is 77.4 cm³/mol. The van der Waals surface area contributed by atoms with Crippen LogP contribution in [0.15, 0.2) is 59.7 Å². The molecule has 3 aromatic rings. The summed E-state index contributed by atoms with van der Waals surface area (Å²) in [5, 5.41) is 9.94. The Labute approximate surface area is 116 Å². The number of pyridine rings is 1. The molecule has 2 aromatic heterocycles. The van der Waals surface area contributed by atoms with E-state index in [1.54, 1.807) is 22.9 Å². The molecule has 98 valence electrons. The average Bonchev–Trinajstić information content (AvgIpc) is 2.88. The molecule has 2 heterocycles. The summed E-state index contributed by atoms with van der Waals surface area (Å²) in [5.41, 5.74) is 1.75. The van der Waals surface area contributed by atoms with E-state index in [0.29, 0.717) is 12.1 Å². The average molecular weight is 263 g/mol. The second-order valence-electron chi connectivity index (χ2n) is 4.63. The first-order valence-electron chi connectivity index (χ1n) is 6.42. The molecule has 0 saturated heterocycles. The molecule has 1 aromatic carbocycles. The zero-order valence-electron chi connectivity index (χ0n) is 10.9. The van der Waals surface area contributed by atoms with Crippen LogP contribution in [0.2, 0.25) is 0 Å². The van der Waals surface area contributed by atoms with Gasteiger partial charge in [0.2, 0.25) is 0 Å². The van der Waals surface area contributed by atoms with Gasteiger partial charge in [-0.25, -0.2) is 0 Å². The summed E-state index contributed by atoms with van der Waals surface area (Å²) in [4.78, 5) is 11.6. The third-order valence-electron chi connectivity index (χ3n) is 3.38. The molecule has 3 rings (SSSR count). The van der Waals surface area contributed by atoms with Crippen LogP contribution in [0.1, 0.15) is 5.56 Å². The fourth-order valence-corrected chi connectivity index (χ4v) is 2.33. The highest BCUT2D eigenvalue weighted by Gasteiger charge is 2.02. The van der Waals surface area contributed by atoms with Gasteiger partial charge in [-0.3, -0.25) is 4.79 Å². The van der Waals surface area contributed by atoms with E-state index in [2.05, 4.69) is 10.6 Å². The standard InChI is InChI=1S/C16H13N3O/c17-12-13-4-5-15-14(11-13)6-8-18(15)9-10-19-7-2-1-3-16(19)20/h1-8,11H,9-10H2. The summed E-state index contributed by atoms with van der Waals surface area (Å²) < 4.78 is 3.78. The molecule has 0 amide bonds. The number of aromatic nitrogens is 2. The number of hydrogen-bond acceptors (Lipinski definition) is 2. The highest BCUT2D eigenvalue weighted by atomic mass is 16.1. The summed E-state index contributed by atoms with van der Waals surface area (Å²) in [6.07, 6.45) is 3.78. The van der Waals surface area contributed by atoms with Gasteiger partial charge in [-0.15, -0.1) is 0 Å². The lowest BCUT2D eigenvalue weighted by molar-refractivity contribution is 0.577. The summed E-state index contributed by atoms with van der Waals surface area (Å²) >= 11 is 0. The molecule has 0 fully saturated rings. The molecule has 4 nitrogen and oxygen atoms in total. The maximum atomic E-state index is 11.6. The molecular weight excluding hydrogens is 250 g/mol. The molecule has 0 bridgehead atoms. The highest BCUT2D eigenvalue weighted by molar-refractivity contribution is 5.81. The minimum absolute atomic E-state index is 0.00993. The molecular formula is C16H13N3O. The van der Waals surface area contributed by atoms with Crippen molar-refractivity contribution in [3.05, 3.63) is 70.8 Å². The van der Waals surface area contributed by atoms with E-state index >= 15 is 0 Å². The second kappa shape index (κ2) is 5.06. The van der Waals surface area contributed by atoms with E-state index in [0.717, 1.165) is 17.4 Å². The molecule has 20 heavy (non-hydrogen) atoms. The molecule has 4 heteroatoms. The first kappa shape index (κ1) is 12.2. The van der Waals surface area contributed by atoms with Crippen molar-refractivity contribution >= 4 is 10.9 Å². The Balaban J connectivity index is 1.87. The fraction of sp³-hybridized carbons (Fsp3) is 0.125. The first-order chi connectivity index (χ1) is 9.78. The predicted octanol–water partition coefficient (Wildman–Crippen LogP) is 2.37. The molecule has 0 aliphatic heterocycles. The van der Waals surface area contributed by atoms with Gasteiger partial charge >= 0.3 is 0 Å². The van der Waals surface area contributed by atoms with E-state index < -0.39 is 0 Å². The van der Waals surface area contributed by atoms with Crippen LogP contribution < -0.4 is 5.56 Å². The number of rotatable bonds is 3. The zero-order chi connectivity index (χ0) is 13.9. The van der Waals surface area contributed by atoms with Gasteiger partial charge in [0.25, 0.3) is 5.56 Å². The lowest BCUT2D eigenvalue weighted by Crippen LogP contribution is -2.20. The third kappa shape index (κ3) is 2.21. The van der Waals surface area contributed by atoms with E-state index in [-0.39, 0.29) is 5.56 Å². The van der Waals surface area contributed by atoms with Crippen LogP contribution in [0, 0.1) is 11.3 Å². The SMILES string of the molecule is N#Cc1ccc2c(ccn2CCn2ccccc2=O)c1. The monoisotopic (exact) mass is 263 g/mol. The molecule has 0 N–H and O–H groups in total. The Morgan fingerprint density at radius 3 is 2.65 bits per heavy atom. The van der Waals surface area contributed by atoms with Crippen molar-refractivity contribution in [3.8, 4) is 6.07 Å². The van der Waals surface area contributed by atoms with Gasteiger partial charge in [0.05, 0.1) is 11.6 Å². The number of benzene rings is 1. The quantitative estimate of drug-likeness (QED) is 0.728. The molecule has 0 aliphatic rings. The van der Waals surface area contributed by atoms with Crippen molar-refractivity contribution in [2.45, 2.75) is 13.1 Å². The molecule has 0 aliphatic carbocycles. The smallest absolute Gasteiger partial charge is 0.250 e. The van der Waals surface area contributed by atoms with Gasteiger partial charge in [0.15, 0.2) is 0 Å². The van der Waals surface area contributed by atoms with Crippen LogP contribution in [0.25, 0.3) is 10.9 Å². The summed E-state index contributed by atoms with van der Waals surface area (Å²) in [7, 11) is 0. The topological polar surface area (TPSA) is 50.7 Å². The van der Waals surface area contributed by atoms with E-state index in [9.17, 15) is 4.79 Å². The number of nitrogens with zero attached hydrogens (tertiary/aromatic N) is 3. The van der Waals surface area contributed by atoms with Crippen molar-refractivity contribution in [1.82, 2.24) is 9.13 Å². The van der Waals surface area contributed by atoms with Crippen LogP contribution in [0.3, 0.4) is 0 Å².